The summed E-state index contributed by atoms with van der Waals surface area (Å²) >= 11 is 0. The van der Waals surface area contributed by atoms with Crippen LogP contribution in [0.4, 0.5) is 5.69 Å². The fraction of sp³-hybridized carbons (Fsp3) is 0.235. The zero-order valence-corrected chi connectivity index (χ0v) is 15.1. The van der Waals surface area contributed by atoms with Crippen molar-refractivity contribution >= 4 is 26.8 Å². The molecule has 1 heterocycles. The minimum absolute atomic E-state index is 0.203. The number of aromatic nitrogens is 1. The van der Waals surface area contributed by atoms with Crippen molar-refractivity contribution in [3.63, 3.8) is 0 Å². The van der Waals surface area contributed by atoms with Gasteiger partial charge in [-0.2, -0.15) is 0 Å². The number of hydrogen-bond acceptors (Lipinski definition) is 5. The molecule has 0 radical (unpaired) electrons. The predicted molar refractivity (Wildman–Crippen MR) is 94.7 cm³/mol. The smallest absolute Gasteiger partial charge is 0.419 e. The molecule has 3 aromatic rings. The zero-order valence-electron chi connectivity index (χ0n) is 14.3. The monoisotopic (exact) mass is 362 g/mol. The number of hydrogen-bond donors (Lipinski definition) is 1. The molecule has 0 aliphatic carbocycles. The zero-order chi connectivity index (χ0) is 18.4. The molecule has 0 spiro atoms. The summed E-state index contributed by atoms with van der Waals surface area (Å²) in [6.45, 7) is 3.43. The fourth-order valence-corrected chi connectivity index (χ4v) is 4.35. The summed E-state index contributed by atoms with van der Waals surface area (Å²) in [5, 5.41) is 0. The van der Waals surface area contributed by atoms with Crippen LogP contribution in [-0.2, 0) is 17.1 Å². The van der Waals surface area contributed by atoms with Crippen LogP contribution in [0.15, 0.2) is 44.4 Å². The molecule has 0 aliphatic heterocycles. The SMILES string of the molecule is COc1cc(C)c(S(=O)(=O)Nc2ccc3oc(=O)n(C)c3c2)c(C)c1. The maximum absolute atomic E-state index is 12.8. The van der Waals surface area contributed by atoms with Crippen molar-refractivity contribution < 1.29 is 17.6 Å². The van der Waals surface area contributed by atoms with Crippen LogP contribution in [0.5, 0.6) is 5.75 Å². The number of nitrogens with one attached hydrogen (secondary N) is 1. The van der Waals surface area contributed by atoms with Gasteiger partial charge in [-0.15, -0.1) is 0 Å². The Labute approximate surface area is 144 Å². The average molecular weight is 362 g/mol. The first-order valence-corrected chi connectivity index (χ1v) is 8.99. The largest absolute Gasteiger partial charge is 0.497 e. The quantitative estimate of drug-likeness (QED) is 0.770. The first-order chi connectivity index (χ1) is 11.7. The van der Waals surface area contributed by atoms with Crippen molar-refractivity contribution in [2.75, 3.05) is 11.8 Å². The molecular formula is C17H18N2O5S. The summed E-state index contributed by atoms with van der Waals surface area (Å²) in [5.41, 5.74) is 2.42. The fourth-order valence-electron chi connectivity index (χ4n) is 2.85. The highest BCUT2D eigenvalue weighted by molar-refractivity contribution is 7.92. The van der Waals surface area contributed by atoms with Crippen LogP contribution in [0.25, 0.3) is 11.1 Å². The lowest BCUT2D eigenvalue weighted by Crippen LogP contribution is -2.16. The first kappa shape index (κ1) is 17.1. The van der Waals surface area contributed by atoms with E-state index in [0.717, 1.165) is 0 Å². The molecule has 0 saturated carbocycles. The normalized spacial score (nSPS) is 11.7. The molecule has 3 rings (SSSR count). The number of methoxy groups -OCH3 is 1. The Morgan fingerprint density at radius 2 is 1.76 bits per heavy atom. The van der Waals surface area contributed by atoms with Gasteiger partial charge in [-0.1, -0.05) is 0 Å². The molecule has 0 bridgehead atoms. The van der Waals surface area contributed by atoms with Crippen LogP contribution in [0, 0.1) is 13.8 Å². The van der Waals surface area contributed by atoms with Gasteiger partial charge in [0.1, 0.15) is 5.75 Å². The minimum Gasteiger partial charge on any atom is -0.497 e. The molecule has 7 nitrogen and oxygen atoms in total. The van der Waals surface area contributed by atoms with E-state index in [4.69, 9.17) is 9.15 Å². The third-order valence-corrected chi connectivity index (χ3v) is 5.67. The van der Waals surface area contributed by atoms with Gasteiger partial charge < -0.3 is 9.15 Å². The third kappa shape index (κ3) is 3.00. The van der Waals surface area contributed by atoms with Crippen molar-refractivity contribution in [2.24, 2.45) is 7.05 Å². The lowest BCUT2D eigenvalue weighted by atomic mass is 10.1. The molecule has 25 heavy (non-hydrogen) atoms. The van der Waals surface area contributed by atoms with Gasteiger partial charge in [-0.3, -0.25) is 9.29 Å². The molecule has 132 valence electrons. The molecule has 1 aromatic heterocycles. The second kappa shape index (κ2) is 5.96. The maximum atomic E-state index is 12.8. The first-order valence-electron chi connectivity index (χ1n) is 7.50. The van der Waals surface area contributed by atoms with Gasteiger partial charge in [0.05, 0.1) is 23.2 Å². The number of aryl methyl sites for hydroxylation is 3. The molecule has 0 saturated heterocycles. The van der Waals surface area contributed by atoms with Crippen LogP contribution in [0.1, 0.15) is 11.1 Å². The number of sulfonamides is 1. The predicted octanol–water partition coefficient (Wildman–Crippen LogP) is 2.56. The lowest BCUT2D eigenvalue weighted by Gasteiger charge is -2.14. The van der Waals surface area contributed by atoms with E-state index in [9.17, 15) is 13.2 Å². The van der Waals surface area contributed by atoms with Gasteiger partial charge in [-0.25, -0.2) is 13.2 Å². The number of nitrogens with zero attached hydrogens (tertiary/aromatic N) is 1. The van der Waals surface area contributed by atoms with Gasteiger partial charge in [0.2, 0.25) is 0 Å². The van der Waals surface area contributed by atoms with Crippen molar-refractivity contribution in [3.8, 4) is 5.75 Å². The summed E-state index contributed by atoms with van der Waals surface area (Å²) in [5.74, 6) is 0.0978. The summed E-state index contributed by atoms with van der Waals surface area (Å²) in [6, 6.07) is 8.01. The Kier molecular flexibility index (Phi) is 4.08. The maximum Gasteiger partial charge on any atom is 0.419 e. The third-order valence-electron chi connectivity index (χ3n) is 3.98. The Morgan fingerprint density at radius 1 is 1.12 bits per heavy atom. The highest BCUT2D eigenvalue weighted by Crippen LogP contribution is 2.28. The second-order valence-corrected chi connectivity index (χ2v) is 7.42. The summed E-state index contributed by atoms with van der Waals surface area (Å²) in [7, 11) is -0.705. The highest BCUT2D eigenvalue weighted by Gasteiger charge is 2.21. The standard InChI is InChI=1S/C17H18N2O5S/c1-10-7-13(23-4)8-11(2)16(10)25(21,22)18-12-5-6-15-14(9-12)19(3)17(20)24-15/h5-9,18H,1-4H3. The molecule has 0 unspecified atom stereocenters. The van der Waals surface area contributed by atoms with E-state index in [2.05, 4.69) is 4.72 Å². The van der Waals surface area contributed by atoms with Crippen molar-refractivity contribution in [1.82, 2.24) is 4.57 Å². The van der Waals surface area contributed by atoms with Gasteiger partial charge >= 0.3 is 5.76 Å². The molecule has 0 amide bonds. The molecule has 1 N–H and O–H groups in total. The number of anilines is 1. The van der Waals surface area contributed by atoms with E-state index >= 15 is 0 Å². The highest BCUT2D eigenvalue weighted by atomic mass is 32.2. The van der Waals surface area contributed by atoms with Crippen LogP contribution in [0.2, 0.25) is 0 Å². The molecule has 8 heteroatoms. The molecule has 2 aromatic carbocycles. The number of benzene rings is 2. The van der Waals surface area contributed by atoms with Crippen LogP contribution < -0.4 is 15.2 Å². The Hall–Kier alpha value is -2.74. The van der Waals surface area contributed by atoms with Gasteiger partial charge in [0.15, 0.2) is 5.58 Å². The summed E-state index contributed by atoms with van der Waals surface area (Å²) < 4.78 is 39.7. The Bertz CT molecular complexity index is 1100. The van der Waals surface area contributed by atoms with Gasteiger partial charge in [0.25, 0.3) is 10.0 Å². The van der Waals surface area contributed by atoms with Crippen molar-refractivity contribution in [1.29, 1.82) is 0 Å². The van der Waals surface area contributed by atoms with Gasteiger partial charge in [0, 0.05) is 7.05 Å². The molecule has 0 aliphatic rings. The lowest BCUT2D eigenvalue weighted by molar-refractivity contribution is 0.413. The van der Waals surface area contributed by atoms with E-state index in [-0.39, 0.29) is 4.90 Å². The van der Waals surface area contributed by atoms with Gasteiger partial charge in [-0.05, 0) is 55.3 Å². The minimum atomic E-state index is -3.80. The summed E-state index contributed by atoms with van der Waals surface area (Å²) in [4.78, 5) is 11.8. The van der Waals surface area contributed by atoms with Crippen LogP contribution in [-0.4, -0.2) is 20.1 Å². The molecule has 0 fully saturated rings. The Balaban J connectivity index is 2.05. The van der Waals surface area contributed by atoms with Crippen molar-refractivity contribution in [3.05, 3.63) is 52.0 Å². The summed E-state index contributed by atoms with van der Waals surface area (Å²) in [6.07, 6.45) is 0. The van der Waals surface area contributed by atoms with E-state index in [1.807, 2.05) is 0 Å². The average Bonchev–Trinajstić information content (AvgIpc) is 2.80. The molecule has 0 atom stereocenters. The van der Waals surface area contributed by atoms with Crippen molar-refractivity contribution in [2.45, 2.75) is 18.7 Å². The Morgan fingerprint density at radius 3 is 2.36 bits per heavy atom. The van der Waals surface area contributed by atoms with E-state index in [1.165, 1.54) is 11.7 Å². The number of ether oxygens (including phenoxy) is 1. The second-order valence-electron chi connectivity index (χ2n) is 5.81. The van der Waals surface area contributed by atoms with E-state index < -0.39 is 15.8 Å². The van der Waals surface area contributed by atoms with E-state index in [0.29, 0.717) is 33.7 Å². The van der Waals surface area contributed by atoms with Crippen LogP contribution >= 0.6 is 0 Å². The molecular weight excluding hydrogens is 344 g/mol. The topological polar surface area (TPSA) is 90.5 Å². The van der Waals surface area contributed by atoms with Crippen LogP contribution in [0.3, 0.4) is 0 Å². The number of fused-ring (bicyclic) bond motifs is 1. The van der Waals surface area contributed by atoms with E-state index in [1.54, 1.807) is 51.2 Å². The number of oxazole rings is 1. The number of rotatable bonds is 4.